The molecule has 1 aliphatic rings. The summed E-state index contributed by atoms with van der Waals surface area (Å²) in [7, 11) is 0. The van der Waals surface area contributed by atoms with Crippen LogP contribution >= 0.6 is 24.0 Å². The molecule has 2 rings (SSSR count). The molecular weight excluding hydrogens is 311 g/mol. The number of ether oxygens (including phenoxy) is 1. The van der Waals surface area contributed by atoms with E-state index < -0.39 is 0 Å². The van der Waals surface area contributed by atoms with Crippen molar-refractivity contribution in [2.45, 2.75) is 24.6 Å². The fourth-order valence-corrected chi connectivity index (χ4v) is 2.65. The fourth-order valence-electron chi connectivity index (χ4n) is 2.39. The lowest BCUT2D eigenvalue weighted by atomic mass is 10.1. The molecule has 118 valence electrons. The number of oxime groups is 1. The van der Waals surface area contributed by atoms with E-state index in [-0.39, 0.29) is 23.7 Å². The molecule has 1 saturated heterocycles. The molecule has 0 aliphatic carbocycles. The standard InChI is InChI=1S/C15H21ClN2O2.ClH/c16-14(11-18-9-5-2-6-10-18)12-20-15(17-19)13-7-3-1-4-8-13;/h1,3-4,7-8,14,19H,2,5-6,9-12H2;1H. The maximum Gasteiger partial charge on any atom is 0.257 e. The van der Waals surface area contributed by atoms with Gasteiger partial charge in [-0.25, -0.2) is 0 Å². The van der Waals surface area contributed by atoms with Gasteiger partial charge in [-0.15, -0.1) is 24.0 Å². The van der Waals surface area contributed by atoms with Crippen molar-refractivity contribution in [3.8, 4) is 0 Å². The predicted octanol–water partition coefficient (Wildman–Crippen LogP) is 3.35. The molecule has 6 heteroatoms. The minimum atomic E-state index is -0.103. The summed E-state index contributed by atoms with van der Waals surface area (Å²) in [5, 5.41) is 12.1. The maximum atomic E-state index is 9.02. The zero-order valence-corrected chi connectivity index (χ0v) is 13.5. The van der Waals surface area contributed by atoms with Crippen LogP contribution in [0.5, 0.6) is 0 Å². The summed E-state index contributed by atoms with van der Waals surface area (Å²) < 4.78 is 5.52. The van der Waals surface area contributed by atoms with Crippen LogP contribution in [0.15, 0.2) is 35.5 Å². The number of likely N-dealkylation sites (tertiary alicyclic amines) is 1. The highest BCUT2D eigenvalue weighted by atomic mass is 35.5. The minimum absolute atomic E-state index is 0. The van der Waals surface area contributed by atoms with Gasteiger partial charge in [0.15, 0.2) is 0 Å². The first-order valence-electron chi connectivity index (χ1n) is 7.06. The molecule has 0 saturated carbocycles. The Bertz CT molecular complexity index is 423. The molecule has 0 amide bonds. The van der Waals surface area contributed by atoms with Crippen LogP contribution in [0.4, 0.5) is 0 Å². The van der Waals surface area contributed by atoms with E-state index in [0.29, 0.717) is 6.61 Å². The van der Waals surface area contributed by atoms with Gasteiger partial charge < -0.3 is 14.8 Å². The Morgan fingerprint density at radius 3 is 2.52 bits per heavy atom. The topological polar surface area (TPSA) is 45.1 Å². The second kappa shape index (κ2) is 9.87. The summed E-state index contributed by atoms with van der Waals surface area (Å²) in [6.07, 6.45) is 3.81. The molecule has 1 N–H and O–H groups in total. The van der Waals surface area contributed by atoms with Crippen molar-refractivity contribution < 1.29 is 9.94 Å². The van der Waals surface area contributed by atoms with Crippen molar-refractivity contribution in [3.63, 3.8) is 0 Å². The molecule has 4 nitrogen and oxygen atoms in total. The molecule has 1 fully saturated rings. The average molecular weight is 333 g/mol. The van der Waals surface area contributed by atoms with E-state index in [0.717, 1.165) is 25.2 Å². The van der Waals surface area contributed by atoms with Gasteiger partial charge in [-0.3, -0.25) is 0 Å². The van der Waals surface area contributed by atoms with Gasteiger partial charge in [0.05, 0.1) is 5.38 Å². The molecular formula is C15H22Cl2N2O2. The average Bonchev–Trinajstić information content (AvgIpc) is 2.50. The highest BCUT2D eigenvalue weighted by molar-refractivity contribution is 6.21. The number of piperidine rings is 1. The van der Waals surface area contributed by atoms with E-state index in [1.807, 2.05) is 30.3 Å². The van der Waals surface area contributed by atoms with Crippen LogP contribution in [-0.2, 0) is 4.74 Å². The third-order valence-corrected chi connectivity index (χ3v) is 3.68. The number of hydrogen-bond acceptors (Lipinski definition) is 4. The summed E-state index contributed by atoms with van der Waals surface area (Å²) >= 11 is 6.30. The minimum Gasteiger partial charge on any atom is -0.474 e. The molecule has 1 heterocycles. The second-order valence-corrected chi connectivity index (χ2v) is 5.66. The van der Waals surface area contributed by atoms with Crippen LogP contribution < -0.4 is 0 Å². The van der Waals surface area contributed by atoms with Gasteiger partial charge in [0, 0.05) is 12.1 Å². The fraction of sp³-hybridized carbons (Fsp3) is 0.533. The Kier molecular flexibility index (Phi) is 8.50. The SMILES string of the molecule is Cl.ON=C(OCC(Cl)CN1CCCCC1)c1ccccc1. The van der Waals surface area contributed by atoms with Gasteiger partial charge in [0.2, 0.25) is 0 Å². The third kappa shape index (κ3) is 6.12. The van der Waals surface area contributed by atoms with Gasteiger partial charge in [0.1, 0.15) is 6.61 Å². The number of alkyl halides is 1. The lowest BCUT2D eigenvalue weighted by Crippen LogP contribution is -2.36. The van der Waals surface area contributed by atoms with Crippen molar-refractivity contribution in [3.05, 3.63) is 35.9 Å². The summed E-state index contributed by atoms with van der Waals surface area (Å²) in [4.78, 5) is 2.36. The van der Waals surface area contributed by atoms with Crippen molar-refractivity contribution in [1.29, 1.82) is 0 Å². The Morgan fingerprint density at radius 2 is 1.90 bits per heavy atom. The first-order chi connectivity index (χ1) is 9.79. The van der Waals surface area contributed by atoms with Crippen LogP contribution in [0, 0.1) is 0 Å². The number of benzene rings is 1. The van der Waals surface area contributed by atoms with Crippen LogP contribution in [-0.4, -0.2) is 47.6 Å². The van der Waals surface area contributed by atoms with Crippen LogP contribution in [0.2, 0.25) is 0 Å². The van der Waals surface area contributed by atoms with Crippen molar-refractivity contribution in [1.82, 2.24) is 4.90 Å². The number of halogens is 2. The Labute approximate surface area is 137 Å². The van der Waals surface area contributed by atoms with Crippen LogP contribution in [0.1, 0.15) is 24.8 Å². The smallest absolute Gasteiger partial charge is 0.257 e. The first-order valence-corrected chi connectivity index (χ1v) is 7.50. The highest BCUT2D eigenvalue weighted by Gasteiger charge is 2.16. The van der Waals surface area contributed by atoms with E-state index in [9.17, 15) is 0 Å². The quantitative estimate of drug-likeness (QED) is 0.295. The number of rotatable bonds is 5. The van der Waals surface area contributed by atoms with Gasteiger partial charge in [-0.1, -0.05) is 24.6 Å². The van der Waals surface area contributed by atoms with E-state index in [2.05, 4.69) is 10.1 Å². The number of hydrogen-bond donors (Lipinski definition) is 1. The summed E-state index contributed by atoms with van der Waals surface area (Å²) in [6.45, 7) is 3.38. The zero-order chi connectivity index (χ0) is 14.2. The molecule has 1 unspecified atom stereocenters. The largest absolute Gasteiger partial charge is 0.474 e. The van der Waals surface area contributed by atoms with Crippen LogP contribution in [0.3, 0.4) is 0 Å². The van der Waals surface area contributed by atoms with Gasteiger partial charge in [0.25, 0.3) is 5.90 Å². The molecule has 1 aromatic rings. The summed E-state index contributed by atoms with van der Waals surface area (Å²) in [6, 6.07) is 9.32. The monoisotopic (exact) mass is 332 g/mol. The van der Waals surface area contributed by atoms with E-state index in [1.165, 1.54) is 19.3 Å². The summed E-state index contributed by atoms with van der Waals surface area (Å²) in [5.74, 6) is 0.217. The first kappa shape index (κ1) is 18.1. The lowest BCUT2D eigenvalue weighted by molar-refractivity contribution is 0.199. The van der Waals surface area contributed by atoms with E-state index in [1.54, 1.807) is 0 Å². The third-order valence-electron chi connectivity index (χ3n) is 3.42. The molecule has 0 bridgehead atoms. The second-order valence-electron chi connectivity index (χ2n) is 5.04. The van der Waals surface area contributed by atoms with E-state index in [4.69, 9.17) is 21.5 Å². The van der Waals surface area contributed by atoms with Gasteiger partial charge >= 0.3 is 0 Å². The zero-order valence-electron chi connectivity index (χ0n) is 11.9. The molecule has 1 aliphatic heterocycles. The van der Waals surface area contributed by atoms with Crippen LogP contribution in [0.25, 0.3) is 0 Å². The van der Waals surface area contributed by atoms with Crippen molar-refractivity contribution >= 4 is 29.9 Å². The molecule has 0 radical (unpaired) electrons. The Morgan fingerprint density at radius 1 is 1.24 bits per heavy atom. The molecule has 1 atom stereocenters. The highest BCUT2D eigenvalue weighted by Crippen LogP contribution is 2.12. The number of nitrogens with zero attached hydrogens (tertiary/aromatic N) is 2. The summed E-state index contributed by atoms with van der Waals surface area (Å²) in [5.41, 5.74) is 0.747. The van der Waals surface area contributed by atoms with Crippen molar-refractivity contribution in [2.24, 2.45) is 5.16 Å². The van der Waals surface area contributed by atoms with Gasteiger partial charge in [-0.2, -0.15) is 0 Å². The maximum absolute atomic E-state index is 9.02. The molecule has 0 spiro atoms. The Balaban J connectivity index is 0.00000220. The predicted molar refractivity (Wildman–Crippen MR) is 87.9 cm³/mol. The normalized spacial score (nSPS) is 17.9. The lowest BCUT2D eigenvalue weighted by Gasteiger charge is -2.28. The molecule has 1 aromatic carbocycles. The molecule has 0 aromatic heterocycles. The van der Waals surface area contributed by atoms with Gasteiger partial charge in [-0.05, 0) is 43.2 Å². The molecule has 21 heavy (non-hydrogen) atoms. The van der Waals surface area contributed by atoms with Crippen molar-refractivity contribution in [2.75, 3.05) is 26.2 Å². The van der Waals surface area contributed by atoms with E-state index >= 15 is 0 Å². The Hall–Kier alpha value is -0.970.